The molecule has 7 heteroatoms. The molecule has 1 amide bonds. The number of amides is 1. The predicted octanol–water partition coefficient (Wildman–Crippen LogP) is 2.92. The van der Waals surface area contributed by atoms with Crippen molar-refractivity contribution >= 4 is 11.6 Å². The zero-order chi connectivity index (χ0) is 19.9. The van der Waals surface area contributed by atoms with E-state index in [0.29, 0.717) is 36.9 Å². The number of benzene rings is 2. The van der Waals surface area contributed by atoms with Gasteiger partial charge in [0.25, 0.3) is 0 Å². The fourth-order valence-electron chi connectivity index (χ4n) is 2.95. The Hall–Kier alpha value is -3.74. The summed E-state index contributed by atoms with van der Waals surface area (Å²) >= 11 is 0. The molecule has 146 valence electrons. The number of fused-ring (bicyclic) bond motifs is 1. The van der Waals surface area contributed by atoms with Gasteiger partial charge in [0.1, 0.15) is 6.61 Å². The molecule has 29 heavy (non-hydrogen) atoms. The number of rotatable bonds is 8. The van der Waals surface area contributed by atoms with E-state index in [9.17, 15) is 4.79 Å². The van der Waals surface area contributed by atoms with Crippen molar-refractivity contribution in [2.24, 2.45) is 0 Å². The number of hydrogen-bond donors (Lipinski definition) is 1. The van der Waals surface area contributed by atoms with E-state index < -0.39 is 0 Å². The minimum atomic E-state index is 0.00559. The number of ether oxygens (including phenoxy) is 1. The van der Waals surface area contributed by atoms with Gasteiger partial charge in [0.05, 0.1) is 6.54 Å². The SMILES string of the molecule is O=C(CCc1ccccc1)NCCOc1ccc2nnc(-c3ccccc3)n2n1. The Kier molecular flexibility index (Phi) is 5.76. The fourth-order valence-corrected chi connectivity index (χ4v) is 2.95. The van der Waals surface area contributed by atoms with Crippen molar-refractivity contribution in [3.8, 4) is 17.3 Å². The molecule has 0 saturated heterocycles. The van der Waals surface area contributed by atoms with Crippen LogP contribution in [0.4, 0.5) is 0 Å². The molecule has 0 saturated carbocycles. The van der Waals surface area contributed by atoms with Gasteiger partial charge >= 0.3 is 0 Å². The van der Waals surface area contributed by atoms with Crippen molar-refractivity contribution in [2.45, 2.75) is 12.8 Å². The molecule has 0 bridgehead atoms. The van der Waals surface area contributed by atoms with Gasteiger partial charge in [-0.2, -0.15) is 4.52 Å². The summed E-state index contributed by atoms with van der Waals surface area (Å²) in [5.41, 5.74) is 2.72. The smallest absolute Gasteiger partial charge is 0.231 e. The topological polar surface area (TPSA) is 81.4 Å². The normalized spacial score (nSPS) is 10.8. The molecule has 0 fully saturated rings. The first-order valence-electron chi connectivity index (χ1n) is 9.51. The summed E-state index contributed by atoms with van der Waals surface area (Å²) in [5, 5.41) is 15.7. The molecule has 0 atom stereocenters. The van der Waals surface area contributed by atoms with Crippen molar-refractivity contribution in [2.75, 3.05) is 13.2 Å². The zero-order valence-electron chi connectivity index (χ0n) is 15.9. The van der Waals surface area contributed by atoms with Crippen molar-refractivity contribution in [1.82, 2.24) is 25.1 Å². The van der Waals surface area contributed by atoms with Crippen molar-refractivity contribution in [3.05, 3.63) is 78.4 Å². The van der Waals surface area contributed by atoms with Gasteiger partial charge in [-0.05, 0) is 18.1 Å². The van der Waals surface area contributed by atoms with E-state index in [1.54, 1.807) is 16.6 Å². The molecule has 2 heterocycles. The van der Waals surface area contributed by atoms with E-state index in [-0.39, 0.29) is 5.91 Å². The lowest BCUT2D eigenvalue weighted by atomic mass is 10.1. The standard InChI is InChI=1S/C22H21N5O2/c28-20(13-11-17-7-3-1-4-8-17)23-15-16-29-21-14-12-19-24-25-22(27(19)26-21)18-9-5-2-6-10-18/h1-10,12,14H,11,13,15-16H2,(H,23,28). The average molecular weight is 387 g/mol. The van der Waals surface area contributed by atoms with E-state index >= 15 is 0 Å². The van der Waals surface area contributed by atoms with E-state index in [4.69, 9.17) is 4.74 Å². The third-order valence-electron chi connectivity index (χ3n) is 4.43. The molecular weight excluding hydrogens is 366 g/mol. The largest absolute Gasteiger partial charge is 0.475 e. The first-order chi connectivity index (χ1) is 14.3. The van der Waals surface area contributed by atoms with Crippen molar-refractivity contribution in [1.29, 1.82) is 0 Å². The number of hydrogen-bond acceptors (Lipinski definition) is 5. The summed E-state index contributed by atoms with van der Waals surface area (Å²) in [6.45, 7) is 0.749. The summed E-state index contributed by atoms with van der Waals surface area (Å²) in [6, 6.07) is 23.3. The first kappa shape index (κ1) is 18.6. The minimum Gasteiger partial charge on any atom is -0.475 e. The maximum Gasteiger partial charge on any atom is 0.231 e. The lowest BCUT2D eigenvalue weighted by molar-refractivity contribution is -0.121. The Morgan fingerprint density at radius 1 is 0.931 bits per heavy atom. The monoisotopic (exact) mass is 387 g/mol. The summed E-state index contributed by atoms with van der Waals surface area (Å²) in [7, 11) is 0. The summed E-state index contributed by atoms with van der Waals surface area (Å²) in [4.78, 5) is 12.0. The second-order valence-corrected chi connectivity index (χ2v) is 6.52. The molecule has 0 unspecified atom stereocenters. The van der Waals surface area contributed by atoms with Gasteiger partial charge in [0.15, 0.2) is 11.5 Å². The van der Waals surface area contributed by atoms with Crippen LogP contribution in [0, 0.1) is 0 Å². The van der Waals surface area contributed by atoms with E-state index in [0.717, 1.165) is 17.5 Å². The van der Waals surface area contributed by atoms with Gasteiger partial charge in [-0.1, -0.05) is 60.7 Å². The van der Waals surface area contributed by atoms with Gasteiger partial charge in [0, 0.05) is 18.1 Å². The van der Waals surface area contributed by atoms with Crippen LogP contribution in [0.5, 0.6) is 5.88 Å². The minimum absolute atomic E-state index is 0.00559. The summed E-state index contributed by atoms with van der Waals surface area (Å²) in [5.74, 6) is 1.11. The Balaban J connectivity index is 1.29. The Morgan fingerprint density at radius 2 is 1.69 bits per heavy atom. The second kappa shape index (κ2) is 8.97. The van der Waals surface area contributed by atoms with Crippen LogP contribution < -0.4 is 10.1 Å². The highest BCUT2D eigenvalue weighted by Gasteiger charge is 2.10. The molecule has 0 spiro atoms. The van der Waals surface area contributed by atoms with Crippen molar-refractivity contribution in [3.63, 3.8) is 0 Å². The van der Waals surface area contributed by atoms with Gasteiger partial charge in [0.2, 0.25) is 11.8 Å². The van der Waals surface area contributed by atoms with Crippen molar-refractivity contribution < 1.29 is 9.53 Å². The van der Waals surface area contributed by atoms with Crippen LogP contribution in [0.1, 0.15) is 12.0 Å². The Labute approximate surface area is 168 Å². The summed E-state index contributed by atoms with van der Waals surface area (Å²) < 4.78 is 7.34. The van der Waals surface area contributed by atoms with Crippen LogP contribution in [0.2, 0.25) is 0 Å². The van der Waals surface area contributed by atoms with Crippen LogP contribution >= 0.6 is 0 Å². The van der Waals surface area contributed by atoms with E-state index in [1.807, 2.05) is 60.7 Å². The average Bonchev–Trinajstić information content (AvgIpc) is 3.20. The van der Waals surface area contributed by atoms with Gasteiger partial charge in [-0.15, -0.1) is 15.3 Å². The Morgan fingerprint density at radius 3 is 2.48 bits per heavy atom. The Bertz CT molecular complexity index is 1080. The third kappa shape index (κ3) is 4.76. The number of nitrogens with one attached hydrogen (secondary N) is 1. The van der Waals surface area contributed by atoms with Crippen LogP contribution in [0.25, 0.3) is 17.0 Å². The molecule has 0 aliphatic heterocycles. The molecule has 1 N–H and O–H groups in total. The van der Waals surface area contributed by atoms with Crippen LogP contribution in [0.15, 0.2) is 72.8 Å². The molecule has 0 radical (unpaired) electrons. The van der Waals surface area contributed by atoms with Gasteiger partial charge in [-0.25, -0.2) is 0 Å². The molecule has 0 aliphatic rings. The molecule has 2 aromatic heterocycles. The zero-order valence-corrected chi connectivity index (χ0v) is 15.9. The van der Waals surface area contributed by atoms with Crippen LogP contribution in [0.3, 0.4) is 0 Å². The summed E-state index contributed by atoms with van der Waals surface area (Å²) in [6.07, 6.45) is 1.18. The molecular formula is C22H21N5O2. The predicted molar refractivity (Wildman–Crippen MR) is 109 cm³/mol. The number of aryl methyl sites for hydroxylation is 1. The highest BCUT2D eigenvalue weighted by Crippen LogP contribution is 2.18. The third-order valence-corrected chi connectivity index (χ3v) is 4.43. The fraction of sp³-hybridized carbons (Fsp3) is 0.182. The molecule has 0 aliphatic carbocycles. The lowest BCUT2D eigenvalue weighted by Gasteiger charge is -2.08. The molecule has 7 nitrogen and oxygen atoms in total. The number of aromatic nitrogens is 4. The highest BCUT2D eigenvalue weighted by atomic mass is 16.5. The number of carbonyl (C=O) groups is 1. The second-order valence-electron chi connectivity index (χ2n) is 6.52. The van der Waals surface area contributed by atoms with E-state index in [1.165, 1.54) is 0 Å². The quantitative estimate of drug-likeness (QED) is 0.470. The lowest BCUT2D eigenvalue weighted by Crippen LogP contribution is -2.28. The molecule has 4 rings (SSSR count). The highest BCUT2D eigenvalue weighted by molar-refractivity contribution is 5.76. The first-order valence-corrected chi connectivity index (χ1v) is 9.51. The van der Waals surface area contributed by atoms with Crippen LogP contribution in [-0.4, -0.2) is 38.9 Å². The number of nitrogens with zero attached hydrogens (tertiary/aromatic N) is 4. The van der Waals surface area contributed by atoms with Gasteiger partial charge in [-0.3, -0.25) is 4.79 Å². The van der Waals surface area contributed by atoms with Gasteiger partial charge < -0.3 is 10.1 Å². The number of carbonyl (C=O) groups excluding carboxylic acids is 1. The molecule has 2 aromatic carbocycles. The van der Waals surface area contributed by atoms with Crippen LogP contribution in [-0.2, 0) is 11.2 Å². The molecule has 4 aromatic rings. The van der Waals surface area contributed by atoms with E-state index in [2.05, 4.69) is 20.6 Å². The maximum absolute atomic E-state index is 12.0. The maximum atomic E-state index is 12.0.